The Hall–Kier alpha value is -0.820. The van der Waals surface area contributed by atoms with Crippen LogP contribution in [0.2, 0.25) is 0 Å². The molecule has 0 saturated heterocycles. The van der Waals surface area contributed by atoms with Crippen LogP contribution in [0.25, 0.3) is 0 Å². The minimum Gasteiger partial charge on any atom is -0.307 e. The van der Waals surface area contributed by atoms with Gasteiger partial charge in [-0.3, -0.25) is 0 Å². The molecule has 19 heavy (non-hydrogen) atoms. The standard InChI is InChI=1S/C18H29N/c1-13(2)6-5-7-15(4)19-18-11-10-16-9-8-14(3)12-17(16)18/h8-9,12-13,15,18-19H,5-7,10-11H2,1-4H3. The SMILES string of the molecule is Cc1ccc2c(c1)C(NC(C)CCCC(C)C)CC2. The van der Waals surface area contributed by atoms with Gasteiger partial charge in [-0.05, 0) is 50.2 Å². The lowest BCUT2D eigenvalue weighted by Crippen LogP contribution is -2.29. The molecule has 106 valence electrons. The van der Waals surface area contributed by atoms with Crippen LogP contribution >= 0.6 is 0 Å². The summed E-state index contributed by atoms with van der Waals surface area (Å²) in [7, 11) is 0. The van der Waals surface area contributed by atoms with E-state index in [1.54, 1.807) is 11.1 Å². The van der Waals surface area contributed by atoms with Crippen LogP contribution in [0.4, 0.5) is 0 Å². The molecule has 0 aromatic heterocycles. The molecule has 2 rings (SSSR count). The van der Waals surface area contributed by atoms with Crippen LogP contribution in [-0.4, -0.2) is 6.04 Å². The van der Waals surface area contributed by atoms with Crippen LogP contribution in [0, 0.1) is 12.8 Å². The van der Waals surface area contributed by atoms with Gasteiger partial charge < -0.3 is 5.32 Å². The molecule has 1 aliphatic rings. The van der Waals surface area contributed by atoms with Crippen molar-refractivity contribution >= 4 is 0 Å². The molecule has 0 radical (unpaired) electrons. The smallest absolute Gasteiger partial charge is 0.0328 e. The van der Waals surface area contributed by atoms with E-state index in [1.807, 2.05) is 0 Å². The van der Waals surface area contributed by atoms with Crippen molar-refractivity contribution in [3.05, 3.63) is 34.9 Å². The first-order valence-electron chi connectivity index (χ1n) is 7.91. The molecular formula is C18H29N. The summed E-state index contributed by atoms with van der Waals surface area (Å²) in [5, 5.41) is 3.84. The summed E-state index contributed by atoms with van der Waals surface area (Å²) in [6, 6.07) is 8.16. The van der Waals surface area contributed by atoms with Crippen molar-refractivity contribution in [1.29, 1.82) is 0 Å². The van der Waals surface area contributed by atoms with Crippen LogP contribution in [0.1, 0.15) is 69.2 Å². The van der Waals surface area contributed by atoms with Gasteiger partial charge in [-0.15, -0.1) is 0 Å². The number of nitrogens with one attached hydrogen (secondary N) is 1. The molecule has 2 unspecified atom stereocenters. The Morgan fingerprint density at radius 2 is 2.00 bits per heavy atom. The van der Waals surface area contributed by atoms with E-state index in [1.165, 1.54) is 37.7 Å². The Balaban J connectivity index is 1.86. The van der Waals surface area contributed by atoms with E-state index in [2.05, 4.69) is 51.2 Å². The lowest BCUT2D eigenvalue weighted by molar-refractivity contribution is 0.409. The summed E-state index contributed by atoms with van der Waals surface area (Å²) in [4.78, 5) is 0. The zero-order chi connectivity index (χ0) is 13.8. The Labute approximate surface area is 118 Å². The first-order chi connectivity index (χ1) is 9.06. The number of hydrogen-bond acceptors (Lipinski definition) is 1. The molecule has 1 aromatic rings. The minimum atomic E-state index is 0.587. The normalized spacial score (nSPS) is 19.7. The second-order valence-corrected chi connectivity index (χ2v) is 6.69. The second kappa shape index (κ2) is 6.56. The zero-order valence-corrected chi connectivity index (χ0v) is 13.0. The van der Waals surface area contributed by atoms with E-state index < -0.39 is 0 Å². The third-order valence-electron chi connectivity index (χ3n) is 4.28. The molecule has 1 aromatic carbocycles. The maximum atomic E-state index is 3.84. The van der Waals surface area contributed by atoms with Crippen molar-refractivity contribution in [3.63, 3.8) is 0 Å². The van der Waals surface area contributed by atoms with Gasteiger partial charge in [-0.1, -0.05) is 50.5 Å². The Morgan fingerprint density at radius 1 is 1.21 bits per heavy atom. The average Bonchev–Trinajstić information content (AvgIpc) is 2.71. The Bertz CT molecular complexity index is 408. The second-order valence-electron chi connectivity index (χ2n) is 6.69. The van der Waals surface area contributed by atoms with Gasteiger partial charge in [0.15, 0.2) is 0 Å². The summed E-state index contributed by atoms with van der Waals surface area (Å²) in [5.74, 6) is 0.835. The molecule has 1 nitrogen and oxygen atoms in total. The van der Waals surface area contributed by atoms with Crippen LogP contribution in [0.5, 0.6) is 0 Å². The monoisotopic (exact) mass is 259 g/mol. The number of fused-ring (bicyclic) bond motifs is 1. The van der Waals surface area contributed by atoms with Crippen LogP contribution in [-0.2, 0) is 6.42 Å². The first-order valence-corrected chi connectivity index (χ1v) is 7.91. The molecule has 0 amide bonds. The van der Waals surface area contributed by atoms with Crippen LogP contribution in [0.3, 0.4) is 0 Å². The highest BCUT2D eigenvalue weighted by Gasteiger charge is 2.23. The van der Waals surface area contributed by atoms with Gasteiger partial charge in [-0.2, -0.15) is 0 Å². The van der Waals surface area contributed by atoms with Crippen LogP contribution in [0.15, 0.2) is 18.2 Å². The maximum Gasteiger partial charge on any atom is 0.0328 e. The molecule has 0 aliphatic heterocycles. The highest BCUT2D eigenvalue weighted by Crippen LogP contribution is 2.32. The predicted octanol–water partition coefficient (Wildman–Crippen LogP) is 4.79. The topological polar surface area (TPSA) is 12.0 Å². The molecular weight excluding hydrogens is 230 g/mol. The van der Waals surface area contributed by atoms with Crippen molar-refractivity contribution in [2.75, 3.05) is 0 Å². The number of rotatable bonds is 6. The van der Waals surface area contributed by atoms with E-state index in [0.717, 1.165) is 5.92 Å². The average molecular weight is 259 g/mol. The van der Waals surface area contributed by atoms with Crippen molar-refractivity contribution in [2.45, 2.75) is 71.9 Å². The number of hydrogen-bond donors (Lipinski definition) is 1. The molecule has 1 heteroatoms. The first kappa shape index (κ1) is 14.6. The number of aryl methyl sites for hydroxylation is 2. The minimum absolute atomic E-state index is 0.587. The number of benzene rings is 1. The van der Waals surface area contributed by atoms with Gasteiger partial charge in [0.1, 0.15) is 0 Å². The van der Waals surface area contributed by atoms with Gasteiger partial charge >= 0.3 is 0 Å². The molecule has 0 fully saturated rings. The highest BCUT2D eigenvalue weighted by atomic mass is 14.9. The predicted molar refractivity (Wildman–Crippen MR) is 83.5 cm³/mol. The van der Waals surface area contributed by atoms with E-state index in [4.69, 9.17) is 0 Å². The third kappa shape index (κ3) is 4.07. The fourth-order valence-electron chi connectivity index (χ4n) is 3.15. The van der Waals surface area contributed by atoms with Crippen molar-refractivity contribution in [1.82, 2.24) is 5.32 Å². The Kier molecular flexibility index (Phi) is 5.04. The molecule has 1 N–H and O–H groups in total. The van der Waals surface area contributed by atoms with Crippen LogP contribution < -0.4 is 5.32 Å². The zero-order valence-electron chi connectivity index (χ0n) is 13.0. The quantitative estimate of drug-likeness (QED) is 0.774. The summed E-state index contributed by atoms with van der Waals surface area (Å²) < 4.78 is 0. The fraction of sp³-hybridized carbons (Fsp3) is 0.667. The highest BCUT2D eigenvalue weighted by molar-refractivity contribution is 5.37. The molecule has 0 spiro atoms. The largest absolute Gasteiger partial charge is 0.307 e. The maximum absolute atomic E-state index is 3.84. The van der Waals surface area contributed by atoms with Gasteiger partial charge in [0.2, 0.25) is 0 Å². The molecule has 2 atom stereocenters. The molecule has 0 heterocycles. The molecule has 0 saturated carbocycles. The molecule has 1 aliphatic carbocycles. The van der Waals surface area contributed by atoms with E-state index in [-0.39, 0.29) is 0 Å². The summed E-state index contributed by atoms with van der Waals surface area (Å²) in [6.07, 6.45) is 6.51. The summed E-state index contributed by atoms with van der Waals surface area (Å²) in [6.45, 7) is 9.16. The van der Waals surface area contributed by atoms with Crippen molar-refractivity contribution < 1.29 is 0 Å². The summed E-state index contributed by atoms with van der Waals surface area (Å²) in [5.41, 5.74) is 4.49. The third-order valence-corrected chi connectivity index (χ3v) is 4.28. The van der Waals surface area contributed by atoms with Gasteiger partial charge in [0, 0.05) is 12.1 Å². The molecule has 0 bridgehead atoms. The van der Waals surface area contributed by atoms with Gasteiger partial charge in [-0.25, -0.2) is 0 Å². The lowest BCUT2D eigenvalue weighted by atomic mass is 10.0. The lowest BCUT2D eigenvalue weighted by Gasteiger charge is -2.21. The van der Waals surface area contributed by atoms with Gasteiger partial charge in [0.25, 0.3) is 0 Å². The summed E-state index contributed by atoms with van der Waals surface area (Å²) >= 11 is 0. The van der Waals surface area contributed by atoms with E-state index in [0.29, 0.717) is 12.1 Å². The van der Waals surface area contributed by atoms with E-state index >= 15 is 0 Å². The fourth-order valence-corrected chi connectivity index (χ4v) is 3.15. The van der Waals surface area contributed by atoms with Crippen molar-refractivity contribution in [2.24, 2.45) is 5.92 Å². The van der Waals surface area contributed by atoms with E-state index in [9.17, 15) is 0 Å². The van der Waals surface area contributed by atoms with Gasteiger partial charge in [0.05, 0.1) is 0 Å². The Morgan fingerprint density at radius 3 is 2.74 bits per heavy atom. The van der Waals surface area contributed by atoms with Crippen molar-refractivity contribution in [3.8, 4) is 0 Å².